The zero-order valence-electron chi connectivity index (χ0n) is 27.8. The predicted molar refractivity (Wildman–Crippen MR) is 210 cm³/mol. The Hall–Kier alpha value is -5.93. The van der Waals surface area contributed by atoms with E-state index < -0.39 is 0 Å². The van der Waals surface area contributed by atoms with Crippen LogP contribution in [0, 0.1) is 0 Å². The smallest absolute Gasteiger partial charge is 0.241 e. The van der Waals surface area contributed by atoms with Crippen LogP contribution in [0.4, 0.5) is 11.4 Å². The molecule has 0 N–H and O–H groups in total. The van der Waals surface area contributed by atoms with Gasteiger partial charge in [-0.15, -0.1) is 0 Å². The monoisotopic (exact) mass is 630 g/mol. The Kier molecular flexibility index (Phi) is 9.61. The lowest BCUT2D eigenvalue weighted by Crippen LogP contribution is -2.51. The molecule has 0 fully saturated rings. The van der Waals surface area contributed by atoms with Crippen molar-refractivity contribution in [1.82, 2.24) is 0 Å². The molecule has 0 unspecified atom stereocenters. The fraction of sp³-hybridized carbons (Fsp3) is 0.0455. The molecule has 0 radical (unpaired) electrons. The van der Waals surface area contributed by atoms with Gasteiger partial charge in [0.25, 0.3) is 0 Å². The number of aliphatic imine (C=N–C) groups is 2. The Balaban J connectivity index is 1.07. The van der Waals surface area contributed by atoms with Crippen LogP contribution in [-0.4, -0.2) is 24.8 Å². The van der Waals surface area contributed by atoms with Gasteiger partial charge in [-0.05, 0) is 50.2 Å². The molecule has 234 valence electrons. The van der Waals surface area contributed by atoms with Crippen LogP contribution >= 0.6 is 0 Å². The number of nitrogens with zero attached hydrogens (tertiary/aromatic N) is 2. The van der Waals surface area contributed by atoms with Crippen molar-refractivity contribution in [1.29, 1.82) is 0 Å². The van der Waals surface area contributed by atoms with Crippen LogP contribution in [0.1, 0.15) is 25.4 Å². The van der Waals surface area contributed by atoms with Gasteiger partial charge < -0.3 is 4.42 Å². The summed E-state index contributed by atoms with van der Waals surface area (Å²) in [5.74, 6) is 1.45. The lowest BCUT2D eigenvalue weighted by Gasteiger charge is -2.15. The van der Waals surface area contributed by atoms with E-state index in [1.807, 2.05) is 26.0 Å². The maximum atomic E-state index is 6.25. The normalized spacial score (nSPS) is 11.7. The molecule has 1 heterocycles. The maximum absolute atomic E-state index is 6.25. The first-order valence-corrected chi connectivity index (χ1v) is 16.7. The number of furan rings is 1. The minimum absolute atomic E-state index is 0.154. The summed E-state index contributed by atoms with van der Waals surface area (Å²) in [5, 5.41) is 0. The van der Waals surface area contributed by atoms with Crippen LogP contribution in [-0.2, 0) is 0 Å². The first-order chi connectivity index (χ1) is 24.1. The van der Waals surface area contributed by atoms with Gasteiger partial charge in [0, 0.05) is 0 Å². The van der Waals surface area contributed by atoms with Gasteiger partial charge >= 0.3 is 0 Å². The highest BCUT2D eigenvalue weighted by atomic mass is 16.3. The van der Waals surface area contributed by atoms with Crippen LogP contribution in [0.15, 0.2) is 196 Å². The molecule has 0 amide bonds. The zero-order chi connectivity index (χ0) is 33.4. The summed E-state index contributed by atoms with van der Waals surface area (Å²) in [5.41, 5.74) is 10.9. The van der Waals surface area contributed by atoms with E-state index in [4.69, 9.17) is 14.4 Å². The second-order valence-corrected chi connectivity index (χ2v) is 12.3. The largest absolute Gasteiger partial charge is 0.454 e. The standard InChI is InChI=1S/C44H36B2N2O/c1-33(47-41-27-23-39(24-28-41)45(35-15-7-3-8-16-35)36-17-9-4-10-18-36)43-31-32-44(49-43)34(2)48-42-29-25-40(26-30-42)46(37-19-11-5-12-20-37)38-21-13-6-14-22-38/h3-32H,1-2H3. The fourth-order valence-corrected chi connectivity index (χ4v) is 6.44. The third-order valence-electron chi connectivity index (χ3n) is 8.90. The molecule has 0 saturated heterocycles. The van der Waals surface area contributed by atoms with Crippen molar-refractivity contribution >= 4 is 69.0 Å². The fourth-order valence-electron chi connectivity index (χ4n) is 6.44. The second-order valence-electron chi connectivity index (χ2n) is 12.3. The highest BCUT2D eigenvalue weighted by Crippen LogP contribution is 2.18. The molecule has 0 aliphatic carbocycles. The molecule has 7 rings (SSSR count). The van der Waals surface area contributed by atoms with Gasteiger partial charge in [-0.1, -0.05) is 178 Å². The van der Waals surface area contributed by atoms with Gasteiger partial charge in [0.15, 0.2) is 0 Å². The van der Waals surface area contributed by atoms with Crippen LogP contribution in [0.5, 0.6) is 0 Å². The van der Waals surface area contributed by atoms with E-state index in [1.165, 1.54) is 32.8 Å². The predicted octanol–water partition coefficient (Wildman–Crippen LogP) is 6.59. The summed E-state index contributed by atoms with van der Waals surface area (Å²) in [7, 11) is 0. The van der Waals surface area contributed by atoms with E-state index in [0.717, 1.165) is 34.3 Å². The Labute approximate surface area is 289 Å². The Morgan fingerprint density at radius 3 is 0.898 bits per heavy atom. The second kappa shape index (κ2) is 14.9. The van der Waals surface area contributed by atoms with E-state index in [1.54, 1.807) is 0 Å². The van der Waals surface area contributed by atoms with Crippen LogP contribution in [0.25, 0.3) is 0 Å². The minimum atomic E-state index is 0.154. The number of rotatable bonds is 10. The van der Waals surface area contributed by atoms with Gasteiger partial charge in [0.05, 0.1) is 22.8 Å². The quantitative estimate of drug-likeness (QED) is 0.124. The highest BCUT2D eigenvalue weighted by molar-refractivity contribution is 6.96. The lowest BCUT2D eigenvalue weighted by molar-refractivity contribution is 0.548. The Bertz CT molecular complexity index is 1920. The van der Waals surface area contributed by atoms with Crippen LogP contribution in [0.2, 0.25) is 0 Å². The summed E-state index contributed by atoms with van der Waals surface area (Å²) in [4.78, 5) is 9.78. The molecule has 7 aromatic rings. The van der Waals surface area contributed by atoms with Crippen molar-refractivity contribution in [3.05, 3.63) is 194 Å². The third kappa shape index (κ3) is 7.47. The van der Waals surface area contributed by atoms with E-state index in [-0.39, 0.29) is 13.4 Å². The maximum Gasteiger partial charge on any atom is 0.241 e. The van der Waals surface area contributed by atoms with E-state index in [2.05, 4.69) is 170 Å². The van der Waals surface area contributed by atoms with Crippen molar-refractivity contribution in [3.63, 3.8) is 0 Å². The molecule has 0 saturated carbocycles. The van der Waals surface area contributed by atoms with Crippen molar-refractivity contribution < 1.29 is 4.42 Å². The molecular weight excluding hydrogens is 594 g/mol. The Morgan fingerprint density at radius 1 is 0.347 bits per heavy atom. The molecule has 5 heteroatoms. The summed E-state index contributed by atoms with van der Waals surface area (Å²) in [6.45, 7) is 4.27. The molecule has 1 aromatic heterocycles. The average molecular weight is 630 g/mol. The number of hydrogen-bond donors (Lipinski definition) is 0. The molecular formula is C44H36B2N2O. The molecule has 3 nitrogen and oxygen atoms in total. The topological polar surface area (TPSA) is 37.9 Å². The van der Waals surface area contributed by atoms with Gasteiger partial charge in [-0.25, -0.2) is 9.98 Å². The van der Waals surface area contributed by atoms with Gasteiger partial charge in [0.2, 0.25) is 13.4 Å². The van der Waals surface area contributed by atoms with Gasteiger partial charge in [-0.2, -0.15) is 0 Å². The minimum Gasteiger partial charge on any atom is -0.454 e. The lowest BCUT2D eigenvalue weighted by atomic mass is 9.37. The highest BCUT2D eigenvalue weighted by Gasteiger charge is 2.22. The first kappa shape index (κ1) is 31.7. The van der Waals surface area contributed by atoms with Crippen molar-refractivity contribution in [3.8, 4) is 0 Å². The molecule has 0 atom stereocenters. The van der Waals surface area contributed by atoms with E-state index in [0.29, 0.717) is 0 Å². The number of hydrogen-bond acceptors (Lipinski definition) is 3. The van der Waals surface area contributed by atoms with Crippen molar-refractivity contribution in [2.24, 2.45) is 9.98 Å². The Morgan fingerprint density at radius 2 is 0.612 bits per heavy atom. The summed E-state index contributed by atoms with van der Waals surface area (Å²) < 4.78 is 6.25. The molecule has 0 aliphatic rings. The van der Waals surface area contributed by atoms with Crippen molar-refractivity contribution in [2.75, 3.05) is 0 Å². The van der Waals surface area contributed by atoms with E-state index >= 15 is 0 Å². The summed E-state index contributed by atoms with van der Waals surface area (Å²) in [6.07, 6.45) is 0. The first-order valence-electron chi connectivity index (χ1n) is 16.7. The third-order valence-corrected chi connectivity index (χ3v) is 8.90. The van der Waals surface area contributed by atoms with Gasteiger partial charge in [0.1, 0.15) is 11.5 Å². The van der Waals surface area contributed by atoms with Crippen molar-refractivity contribution in [2.45, 2.75) is 13.8 Å². The van der Waals surface area contributed by atoms with E-state index in [9.17, 15) is 0 Å². The summed E-state index contributed by atoms with van der Waals surface area (Å²) >= 11 is 0. The van der Waals surface area contributed by atoms with Gasteiger partial charge in [-0.3, -0.25) is 0 Å². The molecule has 49 heavy (non-hydrogen) atoms. The average Bonchev–Trinajstić information content (AvgIpc) is 3.67. The van der Waals surface area contributed by atoms with Crippen LogP contribution < -0.4 is 32.8 Å². The zero-order valence-corrected chi connectivity index (χ0v) is 27.8. The molecule has 6 aromatic carbocycles. The molecule has 0 bridgehead atoms. The molecule has 0 aliphatic heterocycles. The summed E-state index contributed by atoms with van der Waals surface area (Å²) in [6, 6.07) is 63.5. The molecule has 0 spiro atoms. The van der Waals surface area contributed by atoms with Crippen LogP contribution in [0.3, 0.4) is 0 Å². The SMILES string of the molecule is CC(=Nc1ccc(B(c2ccccc2)c2ccccc2)cc1)c1ccc(C(C)=Nc2ccc(B(c3ccccc3)c3ccccc3)cc2)o1. The number of benzene rings is 6.